The first-order valence-electron chi connectivity index (χ1n) is 7.95. The molecule has 7 nitrogen and oxygen atoms in total. The predicted octanol–water partition coefficient (Wildman–Crippen LogP) is 1.78. The lowest BCUT2D eigenvalue weighted by atomic mass is 10.2. The van der Waals surface area contributed by atoms with Crippen molar-refractivity contribution in [3.05, 3.63) is 54.2 Å². The Balaban J connectivity index is 1.71. The van der Waals surface area contributed by atoms with Crippen molar-refractivity contribution in [1.82, 2.24) is 9.88 Å². The van der Waals surface area contributed by atoms with Gasteiger partial charge in [-0.2, -0.15) is 0 Å². The molecule has 1 aromatic carbocycles. The summed E-state index contributed by atoms with van der Waals surface area (Å²) in [6, 6.07) is 13.3. The van der Waals surface area contributed by atoms with Crippen molar-refractivity contribution in [2.24, 2.45) is 0 Å². The average Bonchev–Trinajstić information content (AvgIpc) is 2.67. The van der Waals surface area contributed by atoms with Crippen molar-refractivity contribution in [1.29, 1.82) is 0 Å². The molecule has 1 aromatic heterocycles. The number of benzene rings is 1. The second kappa shape index (κ2) is 7.31. The number of hydrogen-bond acceptors (Lipinski definition) is 5. The molecule has 1 saturated heterocycles. The summed E-state index contributed by atoms with van der Waals surface area (Å²) in [6.07, 6.45) is 0.539. The number of pyridine rings is 1. The first-order valence-corrected chi connectivity index (χ1v) is 7.95. The van der Waals surface area contributed by atoms with Crippen LogP contribution in [-0.2, 0) is 9.53 Å². The lowest BCUT2D eigenvalue weighted by Crippen LogP contribution is -2.48. The van der Waals surface area contributed by atoms with Gasteiger partial charge >= 0.3 is 5.97 Å². The summed E-state index contributed by atoms with van der Waals surface area (Å²) in [5.41, 5.74) is 1.42. The summed E-state index contributed by atoms with van der Waals surface area (Å²) in [6.45, 7) is 0.624. The minimum atomic E-state index is -1.06. The maximum Gasteiger partial charge on any atom is 0.334 e. The molecule has 25 heavy (non-hydrogen) atoms. The van der Waals surface area contributed by atoms with E-state index < -0.39 is 12.1 Å². The van der Waals surface area contributed by atoms with Crippen LogP contribution in [0.5, 0.6) is 0 Å². The van der Waals surface area contributed by atoms with Gasteiger partial charge in [-0.05, 0) is 24.3 Å². The molecule has 1 aliphatic rings. The van der Waals surface area contributed by atoms with E-state index in [4.69, 9.17) is 9.84 Å². The van der Waals surface area contributed by atoms with Crippen LogP contribution in [0.25, 0.3) is 0 Å². The third kappa shape index (κ3) is 3.77. The third-order valence-electron chi connectivity index (χ3n) is 4.11. The van der Waals surface area contributed by atoms with E-state index in [-0.39, 0.29) is 19.1 Å². The van der Waals surface area contributed by atoms with Crippen LogP contribution in [0.1, 0.15) is 10.4 Å². The van der Waals surface area contributed by atoms with Crippen LogP contribution in [0.2, 0.25) is 0 Å². The fraction of sp³-hybridized carbons (Fsp3) is 0.278. The smallest absolute Gasteiger partial charge is 0.334 e. The van der Waals surface area contributed by atoms with Crippen molar-refractivity contribution >= 4 is 23.4 Å². The highest BCUT2D eigenvalue weighted by Gasteiger charge is 2.29. The highest BCUT2D eigenvalue weighted by atomic mass is 16.5. The molecular formula is C18H19N3O4. The van der Waals surface area contributed by atoms with Crippen LogP contribution >= 0.6 is 0 Å². The number of para-hydroxylation sites is 1. The number of nitrogens with zero attached hydrogens (tertiary/aromatic N) is 3. The predicted molar refractivity (Wildman–Crippen MR) is 92.0 cm³/mol. The molecule has 0 saturated carbocycles. The zero-order valence-electron chi connectivity index (χ0n) is 13.8. The number of carboxylic acid groups (broad SMARTS) is 1. The molecule has 1 atom stereocenters. The Morgan fingerprint density at radius 2 is 2.00 bits per heavy atom. The van der Waals surface area contributed by atoms with Crippen molar-refractivity contribution in [3.8, 4) is 0 Å². The third-order valence-corrected chi connectivity index (χ3v) is 4.11. The summed E-state index contributed by atoms with van der Waals surface area (Å²) in [5.74, 6) is -0.584. The van der Waals surface area contributed by atoms with Crippen LogP contribution in [0, 0.1) is 0 Å². The van der Waals surface area contributed by atoms with Gasteiger partial charge in [0.15, 0.2) is 6.10 Å². The van der Waals surface area contributed by atoms with Gasteiger partial charge in [-0.15, -0.1) is 0 Å². The first-order chi connectivity index (χ1) is 12.1. The molecular weight excluding hydrogens is 322 g/mol. The highest BCUT2D eigenvalue weighted by molar-refractivity contribution is 5.94. The summed E-state index contributed by atoms with van der Waals surface area (Å²) in [4.78, 5) is 31.3. The molecule has 7 heteroatoms. The summed E-state index contributed by atoms with van der Waals surface area (Å²) in [5, 5.41) is 9.03. The van der Waals surface area contributed by atoms with Crippen LogP contribution in [0.3, 0.4) is 0 Å². The number of ether oxygens (including phenoxy) is 1. The standard InChI is InChI=1S/C18H19N3O4/c1-20(14-5-3-2-4-6-14)16-8-7-13(11-19-16)17(22)21-9-10-25-15(12-21)18(23)24/h2-8,11,15H,9-10,12H2,1H3,(H,23,24)/t15-/m1/s1. The number of hydrogen-bond donors (Lipinski definition) is 1. The van der Waals surface area contributed by atoms with Gasteiger partial charge in [0.1, 0.15) is 5.82 Å². The van der Waals surface area contributed by atoms with E-state index in [0.29, 0.717) is 17.9 Å². The topological polar surface area (TPSA) is 83.0 Å². The zero-order chi connectivity index (χ0) is 17.8. The van der Waals surface area contributed by atoms with E-state index in [9.17, 15) is 9.59 Å². The molecule has 0 unspecified atom stereocenters. The SMILES string of the molecule is CN(c1ccccc1)c1ccc(C(=O)N2CCO[C@@H](C(=O)O)C2)cn1. The van der Waals surface area contributed by atoms with E-state index in [1.54, 1.807) is 12.1 Å². The molecule has 1 aliphatic heterocycles. The minimum absolute atomic E-state index is 0.0415. The van der Waals surface area contributed by atoms with Crippen LogP contribution < -0.4 is 4.90 Å². The van der Waals surface area contributed by atoms with E-state index >= 15 is 0 Å². The van der Waals surface area contributed by atoms with Gasteiger partial charge in [0, 0.05) is 25.5 Å². The molecule has 3 rings (SSSR count). The number of carbonyl (C=O) groups is 2. The van der Waals surface area contributed by atoms with Gasteiger partial charge in [0.05, 0.1) is 18.7 Å². The maximum absolute atomic E-state index is 12.5. The number of carbonyl (C=O) groups excluding carboxylic acids is 1. The average molecular weight is 341 g/mol. The number of amides is 1. The minimum Gasteiger partial charge on any atom is -0.479 e. The fourth-order valence-corrected chi connectivity index (χ4v) is 2.66. The second-order valence-corrected chi connectivity index (χ2v) is 5.75. The lowest BCUT2D eigenvalue weighted by Gasteiger charge is -2.30. The van der Waals surface area contributed by atoms with Gasteiger partial charge in [-0.25, -0.2) is 9.78 Å². The molecule has 0 aliphatic carbocycles. The Morgan fingerprint density at radius 3 is 2.64 bits per heavy atom. The summed E-state index contributed by atoms with van der Waals surface area (Å²) in [7, 11) is 1.90. The number of aromatic nitrogens is 1. The number of morpholine rings is 1. The molecule has 0 bridgehead atoms. The number of aliphatic carboxylic acids is 1. The second-order valence-electron chi connectivity index (χ2n) is 5.75. The quantitative estimate of drug-likeness (QED) is 0.913. The van der Waals surface area contributed by atoms with Gasteiger partial charge in [0.2, 0.25) is 0 Å². The van der Waals surface area contributed by atoms with Crippen LogP contribution in [0.15, 0.2) is 48.7 Å². The van der Waals surface area contributed by atoms with E-state index in [2.05, 4.69) is 4.98 Å². The van der Waals surface area contributed by atoms with Crippen molar-refractivity contribution < 1.29 is 19.4 Å². The van der Waals surface area contributed by atoms with Gasteiger partial charge < -0.3 is 19.6 Å². The van der Waals surface area contributed by atoms with Crippen molar-refractivity contribution in [2.45, 2.75) is 6.10 Å². The molecule has 1 N–H and O–H groups in total. The normalized spacial score (nSPS) is 17.2. The first kappa shape index (κ1) is 16.9. The van der Waals surface area contributed by atoms with Crippen molar-refractivity contribution in [3.63, 3.8) is 0 Å². The molecule has 2 aromatic rings. The van der Waals surface area contributed by atoms with E-state index in [1.807, 2.05) is 42.3 Å². The zero-order valence-corrected chi connectivity index (χ0v) is 13.8. The Hall–Kier alpha value is -2.93. The molecule has 0 radical (unpaired) electrons. The van der Waals surface area contributed by atoms with Crippen LogP contribution in [-0.4, -0.2) is 59.7 Å². The fourth-order valence-electron chi connectivity index (χ4n) is 2.66. The number of rotatable bonds is 4. The van der Waals surface area contributed by atoms with E-state index in [0.717, 1.165) is 5.69 Å². The summed E-state index contributed by atoms with van der Waals surface area (Å²) >= 11 is 0. The largest absolute Gasteiger partial charge is 0.479 e. The molecule has 2 heterocycles. The summed E-state index contributed by atoms with van der Waals surface area (Å²) < 4.78 is 5.14. The Bertz CT molecular complexity index is 749. The Labute approximate surface area is 145 Å². The van der Waals surface area contributed by atoms with E-state index in [1.165, 1.54) is 11.1 Å². The Morgan fingerprint density at radius 1 is 1.24 bits per heavy atom. The molecule has 0 spiro atoms. The molecule has 1 fully saturated rings. The molecule has 130 valence electrons. The number of anilines is 2. The number of carboxylic acids is 1. The van der Waals surface area contributed by atoms with Gasteiger partial charge in [-0.3, -0.25) is 4.79 Å². The highest BCUT2D eigenvalue weighted by Crippen LogP contribution is 2.21. The van der Waals surface area contributed by atoms with Crippen molar-refractivity contribution in [2.75, 3.05) is 31.6 Å². The monoisotopic (exact) mass is 341 g/mol. The molecule has 1 amide bonds. The maximum atomic E-state index is 12.5. The van der Waals surface area contributed by atoms with Crippen LogP contribution in [0.4, 0.5) is 11.5 Å². The van der Waals surface area contributed by atoms with Gasteiger partial charge in [0.25, 0.3) is 5.91 Å². The lowest BCUT2D eigenvalue weighted by molar-refractivity contribution is -0.154. The van der Waals surface area contributed by atoms with Gasteiger partial charge in [-0.1, -0.05) is 18.2 Å². The Kier molecular flexibility index (Phi) is 4.95.